The maximum Gasteiger partial charge on any atom is 0.243 e. The van der Waals surface area contributed by atoms with Crippen molar-refractivity contribution in [1.82, 2.24) is 4.31 Å². The number of halogens is 1. The smallest absolute Gasteiger partial charge is 0.207 e. The molecular formula is C17H20FNO2S. The molecule has 0 radical (unpaired) electrons. The minimum absolute atomic E-state index is 0.0649. The van der Waals surface area contributed by atoms with Gasteiger partial charge in [-0.3, -0.25) is 0 Å². The quantitative estimate of drug-likeness (QED) is 0.780. The number of allylic oxidation sites excluding steroid dienone is 1. The highest BCUT2D eigenvalue weighted by Gasteiger charge is 2.46. The lowest BCUT2D eigenvalue weighted by Gasteiger charge is -2.37. The van der Waals surface area contributed by atoms with Gasteiger partial charge in [0.25, 0.3) is 0 Å². The zero-order chi connectivity index (χ0) is 15.3. The first kappa shape index (κ1) is 14.4. The third-order valence-electron chi connectivity index (χ3n) is 5.35. The highest BCUT2D eigenvalue weighted by Crippen LogP contribution is 2.45. The summed E-state index contributed by atoms with van der Waals surface area (Å²) in [6.07, 6.45) is 7.28. The second-order valence-corrected chi connectivity index (χ2v) is 8.49. The Bertz CT molecular complexity index is 719. The lowest BCUT2D eigenvalue weighted by Crippen LogP contribution is -2.44. The molecule has 2 atom stereocenters. The maximum absolute atomic E-state index is 13.4. The summed E-state index contributed by atoms with van der Waals surface area (Å²) >= 11 is 0. The van der Waals surface area contributed by atoms with Crippen LogP contribution in [0.1, 0.15) is 44.9 Å². The number of sulfonamides is 1. The molecule has 0 N–H and O–H groups in total. The minimum Gasteiger partial charge on any atom is -0.207 e. The second kappa shape index (κ2) is 5.17. The fourth-order valence-electron chi connectivity index (χ4n) is 4.11. The van der Waals surface area contributed by atoms with Crippen LogP contribution in [-0.4, -0.2) is 24.8 Å². The van der Waals surface area contributed by atoms with Gasteiger partial charge in [-0.05, 0) is 63.1 Å². The van der Waals surface area contributed by atoms with Crippen LogP contribution in [0, 0.1) is 5.82 Å². The molecule has 0 spiro atoms. The molecule has 3 nitrogen and oxygen atoms in total. The van der Waals surface area contributed by atoms with Crippen molar-refractivity contribution in [1.29, 1.82) is 0 Å². The van der Waals surface area contributed by atoms with Crippen LogP contribution in [0.4, 0.5) is 4.39 Å². The van der Waals surface area contributed by atoms with Gasteiger partial charge in [0, 0.05) is 12.1 Å². The SMILES string of the molecule is O=S(=O)(c1cccc(F)c1)N1C2CCC1CC(=C1CCC1)C2. The lowest BCUT2D eigenvalue weighted by molar-refractivity contribution is 0.281. The van der Waals surface area contributed by atoms with Crippen molar-refractivity contribution in [3.8, 4) is 0 Å². The van der Waals surface area contributed by atoms with Gasteiger partial charge in [-0.25, -0.2) is 12.8 Å². The van der Waals surface area contributed by atoms with E-state index in [1.807, 2.05) is 0 Å². The standard InChI is InChI=1S/C17H20FNO2S/c18-14-5-2-6-17(11-14)22(20,21)19-15-7-8-16(19)10-13(9-15)12-3-1-4-12/h2,5-6,11,15-16H,1,3-4,7-10H2. The molecule has 0 aromatic heterocycles. The predicted molar refractivity (Wildman–Crippen MR) is 82.3 cm³/mol. The number of piperidine rings is 1. The third kappa shape index (κ3) is 2.22. The maximum atomic E-state index is 13.4. The predicted octanol–water partition coefficient (Wildman–Crippen LogP) is 3.62. The van der Waals surface area contributed by atoms with Crippen LogP contribution in [0.15, 0.2) is 40.3 Å². The van der Waals surface area contributed by atoms with Crippen LogP contribution < -0.4 is 0 Å². The van der Waals surface area contributed by atoms with Gasteiger partial charge in [0.2, 0.25) is 10.0 Å². The summed E-state index contributed by atoms with van der Waals surface area (Å²) in [6, 6.07) is 5.51. The van der Waals surface area contributed by atoms with E-state index in [1.54, 1.807) is 9.88 Å². The van der Waals surface area contributed by atoms with Crippen molar-refractivity contribution in [3.63, 3.8) is 0 Å². The molecule has 0 amide bonds. The van der Waals surface area contributed by atoms with Crippen molar-refractivity contribution in [2.75, 3.05) is 0 Å². The first-order chi connectivity index (χ1) is 10.6. The Hall–Kier alpha value is -1.20. The Morgan fingerprint density at radius 3 is 2.27 bits per heavy atom. The molecule has 1 aromatic rings. The molecule has 1 aliphatic carbocycles. The summed E-state index contributed by atoms with van der Waals surface area (Å²) in [7, 11) is -3.59. The van der Waals surface area contributed by atoms with E-state index in [0.29, 0.717) is 0 Å². The van der Waals surface area contributed by atoms with Crippen LogP contribution in [0.5, 0.6) is 0 Å². The van der Waals surface area contributed by atoms with E-state index in [0.717, 1.165) is 31.7 Å². The zero-order valence-electron chi connectivity index (χ0n) is 12.5. The fraction of sp³-hybridized carbons (Fsp3) is 0.529. The Morgan fingerprint density at radius 1 is 1.05 bits per heavy atom. The van der Waals surface area contributed by atoms with Gasteiger partial charge >= 0.3 is 0 Å². The van der Waals surface area contributed by atoms with E-state index >= 15 is 0 Å². The van der Waals surface area contributed by atoms with Crippen molar-refractivity contribution in [3.05, 3.63) is 41.2 Å². The Kier molecular flexibility index (Phi) is 3.38. The third-order valence-corrected chi connectivity index (χ3v) is 7.35. The summed E-state index contributed by atoms with van der Waals surface area (Å²) < 4.78 is 40.9. The highest BCUT2D eigenvalue weighted by atomic mass is 32.2. The van der Waals surface area contributed by atoms with Crippen molar-refractivity contribution in [2.45, 2.75) is 61.9 Å². The van der Waals surface area contributed by atoms with E-state index in [9.17, 15) is 12.8 Å². The number of fused-ring (bicyclic) bond motifs is 2. The largest absolute Gasteiger partial charge is 0.243 e. The van der Waals surface area contributed by atoms with Crippen LogP contribution in [0.3, 0.4) is 0 Å². The normalized spacial score (nSPS) is 28.8. The lowest BCUT2D eigenvalue weighted by atomic mass is 9.83. The van der Waals surface area contributed by atoms with Crippen LogP contribution in [-0.2, 0) is 10.0 Å². The van der Waals surface area contributed by atoms with Gasteiger partial charge in [0.05, 0.1) is 4.90 Å². The minimum atomic E-state index is -3.59. The molecule has 2 aliphatic heterocycles. The van der Waals surface area contributed by atoms with Crippen molar-refractivity contribution < 1.29 is 12.8 Å². The molecule has 22 heavy (non-hydrogen) atoms. The van der Waals surface area contributed by atoms with Gasteiger partial charge < -0.3 is 0 Å². The Morgan fingerprint density at radius 2 is 1.73 bits per heavy atom. The molecule has 2 bridgehead atoms. The van der Waals surface area contributed by atoms with Gasteiger partial charge in [-0.1, -0.05) is 17.2 Å². The molecule has 3 fully saturated rings. The van der Waals surface area contributed by atoms with Crippen LogP contribution in [0.25, 0.3) is 0 Å². The second-order valence-electron chi connectivity index (χ2n) is 6.65. The van der Waals surface area contributed by atoms with Gasteiger partial charge in [0.15, 0.2) is 0 Å². The monoisotopic (exact) mass is 321 g/mol. The topological polar surface area (TPSA) is 37.4 Å². The van der Waals surface area contributed by atoms with E-state index < -0.39 is 15.8 Å². The first-order valence-electron chi connectivity index (χ1n) is 8.04. The van der Waals surface area contributed by atoms with E-state index in [4.69, 9.17) is 0 Å². The van der Waals surface area contributed by atoms with E-state index in [1.165, 1.54) is 43.0 Å². The number of hydrogen-bond donors (Lipinski definition) is 0. The van der Waals surface area contributed by atoms with Crippen LogP contribution in [0.2, 0.25) is 0 Å². The molecular weight excluding hydrogens is 301 g/mol. The van der Waals surface area contributed by atoms with Gasteiger partial charge in [-0.2, -0.15) is 4.31 Å². The summed E-state index contributed by atoms with van der Waals surface area (Å²) in [5.41, 5.74) is 3.07. The molecule has 5 heteroatoms. The molecule has 2 heterocycles. The van der Waals surface area contributed by atoms with Gasteiger partial charge in [0.1, 0.15) is 5.82 Å². The van der Waals surface area contributed by atoms with Crippen molar-refractivity contribution in [2.24, 2.45) is 0 Å². The average Bonchev–Trinajstić information content (AvgIpc) is 2.70. The van der Waals surface area contributed by atoms with Crippen molar-refractivity contribution >= 4 is 10.0 Å². The number of rotatable bonds is 2. The summed E-state index contributed by atoms with van der Waals surface area (Å²) in [5.74, 6) is -0.497. The summed E-state index contributed by atoms with van der Waals surface area (Å²) in [4.78, 5) is 0.0872. The first-order valence-corrected chi connectivity index (χ1v) is 9.48. The number of hydrogen-bond acceptors (Lipinski definition) is 2. The summed E-state index contributed by atoms with van der Waals surface area (Å²) in [5, 5.41) is 0. The fourth-order valence-corrected chi connectivity index (χ4v) is 6.01. The van der Waals surface area contributed by atoms with Gasteiger partial charge in [-0.15, -0.1) is 0 Å². The van der Waals surface area contributed by atoms with Crippen LogP contribution >= 0.6 is 0 Å². The molecule has 118 valence electrons. The molecule has 2 unspecified atom stereocenters. The molecule has 3 aliphatic rings. The highest BCUT2D eigenvalue weighted by molar-refractivity contribution is 7.89. The molecule has 2 saturated heterocycles. The molecule has 4 rings (SSSR count). The van der Waals surface area contributed by atoms with E-state index in [-0.39, 0.29) is 17.0 Å². The van der Waals surface area contributed by atoms with E-state index in [2.05, 4.69) is 0 Å². The Labute approximate surface area is 130 Å². The molecule has 1 saturated carbocycles. The average molecular weight is 321 g/mol. The number of nitrogens with zero attached hydrogens (tertiary/aromatic N) is 1. The Balaban J connectivity index is 1.66. The number of benzene rings is 1. The zero-order valence-corrected chi connectivity index (χ0v) is 13.3. The molecule has 1 aromatic carbocycles. The summed E-state index contributed by atoms with van der Waals surface area (Å²) in [6.45, 7) is 0.